The summed E-state index contributed by atoms with van der Waals surface area (Å²) >= 11 is 0. The van der Waals surface area contributed by atoms with Crippen LogP contribution >= 0.6 is 0 Å². The van der Waals surface area contributed by atoms with Gasteiger partial charge in [-0.3, -0.25) is 4.79 Å². The maximum atomic E-state index is 13.2. The van der Waals surface area contributed by atoms with Crippen LogP contribution in [0.4, 0.5) is 27.8 Å². The van der Waals surface area contributed by atoms with Gasteiger partial charge in [0.2, 0.25) is 0 Å². The van der Waals surface area contributed by atoms with E-state index in [0.29, 0.717) is 37.5 Å². The van der Waals surface area contributed by atoms with Gasteiger partial charge in [0, 0.05) is 44.6 Å². The van der Waals surface area contributed by atoms with E-state index in [1.54, 1.807) is 24.3 Å². The number of benzene rings is 1. The van der Waals surface area contributed by atoms with Crippen molar-refractivity contribution in [1.29, 1.82) is 0 Å². The van der Waals surface area contributed by atoms with Crippen molar-refractivity contribution in [3.8, 4) is 5.75 Å². The number of amides is 3. The molecule has 0 saturated carbocycles. The van der Waals surface area contributed by atoms with Gasteiger partial charge in [-0.25, -0.2) is 14.8 Å². The number of rotatable bonds is 5. The first kappa shape index (κ1) is 20.7. The van der Waals surface area contributed by atoms with E-state index in [0.717, 1.165) is 34.1 Å². The zero-order valence-corrected chi connectivity index (χ0v) is 18.5. The van der Waals surface area contributed by atoms with Gasteiger partial charge in [0.15, 0.2) is 5.82 Å². The van der Waals surface area contributed by atoms with E-state index in [1.165, 1.54) is 0 Å². The molecule has 2 N–H and O–H groups in total. The molecule has 3 amide bonds. The van der Waals surface area contributed by atoms with Crippen LogP contribution in [0.15, 0.2) is 48.8 Å². The van der Waals surface area contributed by atoms with Gasteiger partial charge in [0.05, 0.1) is 17.9 Å². The highest BCUT2D eigenvalue weighted by Gasteiger charge is 2.30. The Hall–Kier alpha value is -4.14. The number of ether oxygens (including phenoxy) is 1. The first-order valence-corrected chi connectivity index (χ1v) is 10.8. The molecule has 0 aliphatic carbocycles. The maximum Gasteiger partial charge on any atom is 0.319 e. The predicted molar refractivity (Wildman–Crippen MR) is 125 cm³/mol. The minimum atomic E-state index is -0.201. The fourth-order valence-corrected chi connectivity index (χ4v) is 4.11. The number of nitrogens with zero attached hydrogens (tertiary/aromatic N) is 4. The minimum Gasteiger partial charge on any atom is -0.493 e. The number of urea groups is 1. The largest absolute Gasteiger partial charge is 0.493 e. The molecule has 0 fully saturated rings. The Morgan fingerprint density at radius 1 is 1.12 bits per heavy atom. The molecule has 1 aromatic carbocycles. The summed E-state index contributed by atoms with van der Waals surface area (Å²) in [6.45, 7) is 3.55. The Labute approximate surface area is 191 Å². The van der Waals surface area contributed by atoms with Crippen molar-refractivity contribution in [2.24, 2.45) is 0 Å². The van der Waals surface area contributed by atoms with Crippen LogP contribution in [0.2, 0.25) is 0 Å². The average Bonchev–Trinajstić information content (AvgIpc) is 2.92. The van der Waals surface area contributed by atoms with Gasteiger partial charge in [-0.05, 0) is 54.4 Å². The second-order valence-corrected chi connectivity index (χ2v) is 7.89. The molecule has 2 aliphatic rings. The lowest BCUT2D eigenvalue weighted by molar-refractivity contribution is 0.0994. The molecule has 2 aromatic heterocycles. The van der Waals surface area contributed by atoms with Crippen LogP contribution in [0.25, 0.3) is 0 Å². The van der Waals surface area contributed by atoms with Crippen molar-refractivity contribution in [2.75, 3.05) is 35.3 Å². The summed E-state index contributed by atoms with van der Waals surface area (Å²) in [6.07, 6.45) is 4.11. The minimum absolute atomic E-state index is 0.116. The smallest absolute Gasteiger partial charge is 0.319 e. The molecule has 168 valence electrons. The third-order valence-corrected chi connectivity index (χ3v) is 5.84. The highest BCUT2D eigenvalue weighted by molar-refractivity contribution is 6.12. The van der Waals surface area contributed by atoms with Gasteiger partial charge in [-0.2, -0.15) is 0 Å². The van der Waals surface area contributed by atoms with E-state index < -0.39 is 0 Å². The quantitative estimate of drug-likeness (QED) is 0.625. The van der Waals surface area contributed by atoms with Gasteiger partial charge >= 0.3 is 6.03 Å². The summed E-state index contributed by atoms with van der Waals surface area (Å²) in [5.41, 5.74) is 3.98. The number of nitrogens with one attached hydrogen (secondary N) is 2. The first-order valence-electron chi connectivity index (χ1n) is 10.8. The highest BCUT2D eigenvalue weighted by atomic mass is 16.5. The van der Waals surface area contributed by atoms with Crippen molar-refractivity contribution in [2.45, 2.75) is 19.9 Å². The predicted octanol–water partition coefficient (Wildman–Crippen LogP) is 3.48. The molecular weight excluding hydrogens is 420 g/mol. The normalized spacial score (nSPS) is 14.5. The van der Waals surface area contributed by atoms with E-state index in [2.05, 4.69) is 20.6 Å². The van der Waals surface area contributed by atoms with Crippen LogP contribution in [0.1, 0.15) is 28.4 Å². The third-order valence-electron chi connectivity index (χ3n) is 5.84. The summed E-state index contributed by atoms with van der Waals surface area (Å²) in [5, 5.41) is 5.51. The van der Waals surface area contributed by atoms with Crippen LogP contribution in [-0.2, 0) is 13.0 Å². The first-order chi connectivity index (χ1) is 16.0. The highest BCUT2D eigenvalue weighted by Crippen LogP contribution is 2.37. The Morgan fingerprint density at radius 3 is 2.85 bits per heavy atom. The van der Waals surface area contributed by atoms with E-state index in [-0.39, 0.29) is 11.9 Å². The molecule has 0 atom stereocenters. The number of aromatic nitrogens is 2. The molecule has 2 aliphatic heterocycles. The second-order valence-electron chi connectivity index (χ2n) is 7.89. The molecule has 3 aromatic rings. The van der Waals surface area contributed by atoms with Gasteiger partial charge in [0.25, 0.3) is 5.91 Å². The summed E-state index contributed by atoms with van der Waals surface area (Å²) in [6, 6.07) is 11.0. The molecule has 0 radical (unpaired) electrons. The lowest BCUT2D eigenvalue weighted by atomic mass is 10.1. The fraction of sp³-hybridized carbons (Fsp3) is 0.250. The number of carbonyl (C=O) groups excluding carboxylic acids is 2. The van der Waals surface area contributed by atoms with E-state index in [4.69, 9.17) is 4.74 Å². The molecule has 5 rings (SSSR count). The fourth-order valence-electron chi connectivity index (χ4n) is 4.11. The van der Waals surface area contributed by atoms with Crippen molar-refractivity contribution in [3.05, 3.63) is 65.5 Å². The lowest BCUT2D eigenvalue weighted by Gasteiger charge is -2.22. The Bertz CT molecular complexity index is 1240. The van der Waals surface area contributed by atoms with Crippen molar-refractivity contribution >= 4 is 34.9 Å². The average molecular weight is 444 g/mol. The Balaban J connectivity index is 1.34. The Morgan fingerprint density at radius 2 is 2.00 bits per heavy atom. The number of hydrogen-bond acceptors (Lipinski definition) is 6. The number of pyridine rings is 2. The number of carbonyl (C=O) groups is 2. The molecule has 4 heterocycles. The molecule has 0 spiro atoms. The number of hydrogen-bond donors (Lipinski definition) is 2. The molecule has 0 bridgehead atoms. The number of fused-ring (bicyclic) bond motifs is 3. The van der Waals surface area contributed by atoms with Crippen LogP contribution in [0.3, 0.4) is 0 Å². The van der Waals surface area contributed by atoms with Crippen LogP contribution in [0.5, 0.6) is 5.75 Å². The van der Waals surface area contributed by atoms with E-state index >= 15 is 0 Å². The van der Waals surface area contributed by atoms with Gasteiger partial charge in [-0.15, -0.1) is 0 Å². The molecule has 0 saturated heterocycles. The van der Waals surface area contributed by atoms with Crippen LogP contribution in [0, 0.1) is 0 Å². The zero-order chi connectivity index (χ0) is 22.9. The van der Waals surface area contributed by atoms with Crippen molar-refractivity contribution in [1.82, 2.24) is 15.3 Å². The topological polar surface area (TPSA) is 99.7 Å². The van der Waals surface area contributed by atoms with Gasteiger partial charge in [-0.1, -0.05) is 0 Å². The molecular formula is C24H24N6O3. The third kappa shape index (κ3) is 3.82. The summed E-state index contributed by atoms with van der Waals surface area (Å²) in [7, 11) is 1.76. The van der Waals surface area contributed by atoms with Crippen molar-refractivity contribution < 1.29 is 14.3 Å². The van der Waals surface area contributed by atoms with E-state index in [9.17, 15) is 9.59 Å². The van der Waals surface area contributed by atoms with Crippen LogP contribution < -0.4 is 25.2 Å². The number of anilines is 4. The lowest BCUT2D eigenvalue weighted by Crippen LogP contribution is -2.33. The monoisotopic (exact) mass is 444 g/mol. The van der Waals surface area contributed by atoms with Gasteiger partial charge in [0.1, 0.15) is 11.6 Å². The standard InChI is InChI=1S/C24H24N6O3/c1-3-30-21-18(23(31)29(2)20-5-4-9-25-22(20)30)11-15(13-26-21)8-10-33-17-6-7-19-16(12-17)14-27-24(32)28-19/h4-7,9,11-13H,3,8,10,14H2,1-2H3,(H2,27,28,32). The second kappa shape index (κ2) is 8.42. The van der Waals surface area contributed by atoms with E-state index in [1.807, 2.05) is 48.2 Å². The molecule has 9 heteroatoms. The van der Waals surface area contributed by atoms with Crippen LogP contribution in [-0.4, -0.2) is 42.1 Å². The molecule has 33 heavy (non-hydrogen) atoms. The van der Waals surface area contributed by atoms with Crippen molar-refractivity contribution in [3.63, 3.8) is 0 Å². The van der Waals surface area contributed by atoms with Gasteiger partial charge < -0.3 is 25.2 Å². The summed E-state index contributed by atoms with van der Waals surface area (Å²) in [4.78, 5) is 37.4. The Kier molecular flexibility index (Phi) is 5.29. The maximum absolute atomic E-state index is 13.2. The molecule has 9 nitrogen and oxygen atoms in total. The molecule has 0 unspecified atom stereocenters. The SMILES string of the molecule is CCN1c2ncc(CCOc3ccc4c(c3)CNC(=O)N4)cc2C(=O)N(C)c2cccnc21. The zero-order valence-electron chi connectivity index (χ0n) is 18.5. The summed E-state index contributed by atoms with van der Waals surface area (Å²) < 4.78 is 5.93. The summed E-state index contributed by atoms with van der Waals surface area (Å²) in [5.74, 6) is 1.94.